The zero-order valence-electron chi connectivity index (χ0n) is 20.0. The molecule has 35 heavy (non-hydrogen) atoms. The zero-order chi connectivity index (χ0) is 25.0. The van der Waals surface area contributed by atoms with Crippen molar-refractivity contribution in [2.45, 2.75) is 42.4 Å². The van der Waals surface area contributed by atoms with Gasteiger partial charge in [0, 0.05) is 16.5 Å². The third kappa shape index (κ3) is 3.80. The molecule has 4 nitrogen and oxygen atoms in total. The monoisotopic (exact) mass is 484 g/mol. The van der Waals surface area contributed by atoms with Crippen molar-refractivity contribution in [1.82, 2.24) is 0 Å². The van der Waals surface area contributed by atoms with Gasteiger partial charge < -0.3 is 10.2 Å². The van der Waals surface area contributed by atoms with Crippen LogP contribution in [0.15, 0.2) is 94.7 Å². The lowest BCUT2D eigenvalue weighted by Crippen LogP contribution is -2.25. The number of phenolic OH excluding ortho intramolecular Hbond substituents is 2. The molecule has 4 aliphatic carbocycles. The van der Waals surface area contributed by atoms with Crippen molar-refractivity contribution < 1.29 is 18.6 Å². The van der Waals surface area contributed by atoms with Gasteiger partial charge in [-0.1, -0.05) is 69.3 Å². The summed E-state index contributed by atoms with van der Waals surface area (Å²) in [6, 6.07) is 24.6. The van der Waals surface area contributed by atoms with E-state index in [2.05, 4.69) is 45.0 Å². The van der Waals surface area contributed by atoms with Gasteiger partial charge in [-0.15, -0.1) is 0 Å². The van der Waals surface area contributed by atoms with Gasteiger partial charge in [0.2, 0.25) is 9.84 Å². The Bertz CT molecular complexity index is 1500. The Hall–Kier alpha value is -3.57. The molecule has 8 rings (SSSR count). The maximum atomic E-state index is 13.8. The molecule has 0 aliphatic heterocycles. The van der Waals surface area contributed by atoms with Gasteiger partial charge in [0.15, 0.2) is 0 Å². The second kappa shape index (κ2) is 8.28. The summed E-state index contributed by atoms with van der Waals surface area (Å²) in [4.78, 5) is 0.186. The summed E-state index contributed by atoms with van der Waals surface area (Å²) in [6.07, 6.45) is 0.963. The lowest BCUT2D eigenvalue weighted by molar-refractivity contribution is 0.427. The summed E-state index contributed by atoms with van der Waals surface area (Å²) in [7, 11) is -3.94. The summed E-state index contributed by atoms with van der Waals surface area (Å²) in [6.45, 7) is 6.68. The second-order valence-electron chi connectivity index (χ2n) is 9.91. The largest absolute Gasteiger partial charge is 0.508 e. The van der Waals surface area contributed by atoms with Crippen LogP contribution in [-0.4, -0.2) is 18.6 Å². The molecule has 178 valence electrons. The van der Waals surface area contributed by atoms with E-state index < -0.39 is 9.84 Å². The van der Waals surface area contributed by atoms with Crippen molar-refractivity contribution in [3.05, 3.63) is 96.1 Å². The molecule has 4 aromatic rings. The van der Waals surface area contributed by atoms with Gasteiger partial charge in [-0.2, -0.15) is 0 Å². The third-order valence-electron chi connectivity index (χ3n) is 7.02. The quantitative estimate of drug-likeness (QED) is 0.329. The Morgan fingerprint density at radius 2 is 1.23 bits per heavy atom. The van der Waals surface area contributed by atoms with E-state index in [4.69, 9.17) is 0 Å². The van der Waals surface area contributed by atoms with Gasteiger partial charge in [-0.3, -0.25) is 0 Å². The maximum absolute atomic E-state index is 13.8. The van der Waals surface area contributed by atoms with Crippen molar-refractivity contribution in [1.29, 1.82) is 0 Å². The molecule has 0 saturated carbocycles. The first-order valence-electron chi connectivity index (χ1n) is 11.7. The summed E-state index contributed by atoms with van der Waals surface area (Å²) < 4.78 is 27.5. The highest BCUT2D eigenvalue weighted by Crippen LogP contribution is 2.47. The first kappa shape index (κ1) is 23.2. The highest BCUT2D eigenvalue weighted by molar-refractivity contribution is 7.91. The van der Waals surface area contributed by atoms with Crippen LogP contribution in [0.25, 0.3) is 22.3 Å². The number of rotatable bonds is 4. The van der Waals surface area contributed by atoms with Gasteiger partial charge in [0.25, 0.3) is 0 Å². The summed E-state index contributed by atoms with van der Waals surface area (Å²) in [5.41, 5.74) is 4.55. The van der Waals surface area contributed by atoms with E-state index in [1.165, 1.54) is 42.0 Å². The van der Waals surface area contributed by atoms with Crippen LogP contribution in [0.4, 0.5) is 0 Å². The molecular weight excluding hydrogens is 456 g/mol. The lowest BCUT2D eigenvalue weighted by atomic mass is 9.71. The van der Waals surface area contributed by atoms with Crippen LogP contribution >= 0.6 is 0 Å². The molecule has 4 aliphatic rings. The molecule has 5 heteroatoms. The highest BCUT2D eigenvalue weighted by Gasteiger charge is 2.32. The van der Waals surface area contributed by atoms with Crippen molar-refractivity contribution >= 4 is 9.84 Å². The van der Waals surface area contributed by atoms with Gasteiger partial charge in [0.1, 0.15) is 11.5 Å². The predicted molar refractivity (Wildman–Crippen MR) is 138 cm³/mol. The topological polar surface area (TPSA) is 74.6 Å². The molecule has 0 saturated heterocycles. The fourth-order valence-corrected chi connectivity index (χ4v) is 6.84. The molecule has 4 aromatic carbocycles. The zero-order valence-corrected chi connectivity index (χ0v) is 20.8. The van der Waals surface area contributed by atoms with Crippen molar-refractivity contribution in [2.24, 2.45) is 5.92 Å². The normalized spacial score (nSPS) is 16.8. The fourth-order valence-electron chi connectivity index (χ4n) is 5.36. The van der Waals surface area contributed by atoms with Crippen LogP contribution < -0.4 is 0 Å². The summed E-state index contributed by atoms with van der Waals surface area (Å²) in [5, 5.41) is 20.6. The first-order valence-corrected chi connectivity index (χ1v) is 13.2. The van der Waals surface area contributed by atoms with Crippen LogP contribution in [0, 0.1) is 5.92 Å². The van der Waals surface area contributed by atoms with Crippen LogP contribution in [0.1, 0.15) is 38.3 Å². The van der Waals surface area contributed by atoms with Crippen LogP contribution in [0.3, 0.4) is 0 Å². The maximum Gasteiger partial charge on any atom is 0.207 e. The standard InChI is InChI=1S/C30H28O4S/c1-19(2)18-30(3)22-8-4-20(5-9-22)28-26(32)16-17-27(29(28)21-6-10-23(30)11-7-21)35(33,34)25-14-12-24(31)13-15-25/h4-17,19,31-32H,18H2,1-3H3. The molecule has 0 fully saturated rings. The number of aromatic hydroxyl groups is 2. The number of sulfone groups is 1. The van der Waals surface area contributed by atoms with E-state index in [1.807, 2.05) is 24.3 Å². The molecule has 0 heterocycles. The molecule has 1 atom stereocenters. The third-order valence-corrected chi connectivity index (χ3v) is 8.83. The molecule has 0 spiro atoms. The molecule has 0 aromatic heterocycles. The predicted octanol–water partition coefficient (Wildman–Crippen LogP) is 6.93. The fraction of sp³-hybridized carbons (Fsp3) is 0.200. The van der Waals surface area contributed by atoms with Crippen molar-refractivity contribution in [3.8, 4) is 33.8 Å². The Morgan fingerprint density at radius 1 is 0.714 bits per heavy atom. The molecule has 0 amide bonds. The van der Waals surface area contributed by atoms with Gasteiger partial charge >= 0.3 is 0 Å². The summed E-state index contributed by atoms with van der Waals surface area (Å²) >= 11 is 0. The molecule has 2 N–H and O–H groups in total. The minimum Gasteiger partial charge on any atom is -0.508 e. The minimum atomic E-state index is -3.94. The highest BCUT2D eigenvalue weighted by atomic mass is 32.2. The lowest BCUT2D eigenvalue weighted by Gasteiger charge is -2.33. The summed E-state index contributed by atoms with van der Waals surface area (Å²) in [5.74, 6) is 0.493. The molecule has 4 bridgehead atoms. The van der Waals surface area contributed by atoms with E-state index in [-0.39, 0.29) is 26.7 Å². The van der Waals surface area contributed by atoms with Crippen LogP contribution in [-0.2, 0) is 15.3 Å². The van der Waals surface area contributed by atoms with Crippen LogP contribution in [0.5, 0.6) is 11.5 Å². The van der Waals surface area contributed by atoms with Crippen molar-refractivity contribution in [2.75, 3.05) is 0 Å². The second-order valence-corrected chi connectivity index (χ2v) is 11.8. The average Bonchev–Trinajstić information content (AvgIpc) is 2.88. The van der Waals surface area contributed by atoms with E-state index in [0.29, 0.717) is 22.6 Å². The van der Waals surface area contributed by atoms with Gasteiger partial charge in [-0.25, -0.2) is 8.42 Å². The average molecular weight is 485 g/mol. The van der Waals surface area contributed by atoms with E-state index >= 15 is 0 Å². The van der Waals surface area contributed by atoms with E-state index in [9.17, 15) is 18.6 Å². The Morgan fingerprint density at radius 3 is 1.74 bits per heavy atom. The smallest absolute Gasteiger partial charge is 0.207 e. The number of hydrogen-bond acceptors (Lipinski definition) is 4. The number of benzene rings is 4. The SMILES string of the molecule is CC(C)CC1(C)c2ccc(cc2)-c2c(O)ccc(S(=O)(=O)c3ccc(O)cc3)c2-c2ccc1cc2. The van der Waals surface area contributed by atoms with E-state index in [1.54, 1.807) is 0 Å². The Balaban J connectivity index is 1.83. The first-order chi connectivity index (χ1) is 16.6. The molecule has 0 radical (unpaired) electrons. The van der Waals surface area contributed by atoms with Crippen molar-refractivity contribution in [3.63, 3.8) is 0 Å². The Kier molecular flexibility index (Phi) is 5.48. The Labute approximate surface area is 206 Å². The minimum absolute atomic E-state index is 0.00548. The molecular formula is C30H28O4S. The van der Waals surface area contributed by atoms with Gasteiger partial charge in [-0.05, 0) is 71.0 Å². The number of hydrogen-bond donors (Lipinski definition) is 2. The van der Waals surface area contributed by atoms with E-state index in [0.717, 1.165) is 17.5 Å². The van der Waals surface area contributed by atoms with Crippen LogP contribution in [0.2, 0.25) is 0 Å². The number of phenols is 2. The van der Waals surface area contributed by atoms with Gasteiger partial charge in [0.05, 0.1) is 9.79 Å². The molecule has 1 unspecified atom stereocenters.